The SMILES string of the molecule is Fc1cc(C2=CCC(C3CCC(C/C=C/CCC(F)F)CC3)CC2)cc(F)c1OC(F)(F)F. The molecule has 184 valence electrons. The minimum absolute atomic E-state index is 0.0921. The zero-order chi connectivity index (χ0) is 24.0. The standard InChI is InChI=1S/C25H29F7O/c26-21-14-20(15-22(27)24(21)33-25(30,31)32)19-12-10-18(11-13-19)17-8-6-16(7-9-17)4-2-1-3-5-23(28)29/h1-2,12,14-18,23H,3-11,13H2/b2-1+. The average Bonchev–Trinajstić information content (AvgIpc) is 2.76. The van der Waals surface area contributed by atoms with Crippen molar-refractivity contribution in [3.05, 3.63) is 47.6 Å². The molecule has 0 bridgehead atoms. The molecule has 3 rings (SSSR count). The Kier molecular flexibility index (Phi) is 8.88. The van der Waals surface area contributed by atoms with Gasteiger partial charge in [-0.25, -0.2) is 17.6 Å². The lowest BCUT2D eigenvalue weighted by Gasteiger charge is -2.35. The molecule has 8 heteroatoms. The Bertz CT molecular complexity index is 813. The van der Waals surface area contributed by atoms with Gasteiger partial charge in [-0.3, -0.25) is 0 Å². The van der Waals surface area contributed by atoms with Gasteiger partial charge in [0.25, 0.3) is 0 Å². The van der Waals surface area contributed by atoms with Crippen LogP contribution in [0.3, 0.4) is 0 Å². The number of ether oxygens (including phenoxy) is 1. The smallest absolute Gasteiger partial charge is 0.399 e. The van der Waals surface area contributed by atoms with Gasteiger partial charge in [-0.1, -0.05) is 18.2 Å². The molecule has 2 aliphatic rings. The Balaban J connectivity index is 1.49. The van der Waals surface area contributed by atoms with Crippen LogP contribution in [0, 0.1) is 29.4 Å². The Hall–Kier alpha value is -1.99. The minimum atomic E-state index is -5.16. The molecule has 1 atom stereocenters. The third-order valence-corrected chi connectivity index (χ3v) is 6.78. The van der Waals surface area contributed by atoms with Crippen molar-refractivity contribution in [3.63, 3.8) is 0 Å². The Morgan fingerprint density at radius 2 is 1.61 bits per heavy atom. The van der Waals surface area contributed by atoms with Crippen molar-refractivity contribution < 1.29 is 35.5 Å². The number of allylic oxidation sites excluding steroid dienone is 4. The maximum Gasteiger partial charge on any atom is 0.573 e. The molecule has 0 amide bonds. The van der Waals surface area contributed by atoms with Crippen molar-refractivity contribution in [1.82, 2.24) is 0 Å². The number of benzene rings is 1. The molecular formula is C25H29F7O. The van der Waals surface area contributed by atoms with Gasteiger partial charge in [0.15, 0.2) is 11.6 Å². The summed E-state index contributed by atoms with van der Waals surface area (Å²) in [6.45, 7) is 0. The van der Waals surface area contributed by atoms with Gasteiger partial charge in [-0.15, -0.1) is 13.2 Å². The van der Waals surface area contributed by atoms with Crippen molar-refractivity contribution in [3.8, 4) is 5.75 Å². The number of hydrogen-bond donors (Lipinski definition) is 0. The van der Waals surface area contributed by atoms with Crippen LogP contribution in [0.15, 0.2) is 30.4 Å². The monoisotopic (exact) mass is 478 g/mol. The highest BCUT2D eigenvalue weighted by Gasteiger charge is 2.34. The van der Waals surface area contributed by atoms with E-state index in [2.05, 4.69) is 4.74 Å². The third kappa shape index (κ3) is 7.78. The van der Waals surface area contributed by atoms with E-state index in [4.69, 9.17) is 0 Å². The largest absolute Gasteiger partial charge is 0.573 e. The van der Waals surface area contributed by atoms with Gasteiger partial charge in [-0.05, 0) is 98.8 Å². The quantitative estimate of drug-likeness (QED) is 0.268. The van der Waals surface area contributed by atoms with Crippen LogP contribution in [0.25, 0.3) is 5.57 Å². The van der Waals surface area contributed by atoms with Crippen molar-refractivity contribution in [2.45, 2.75) is 77.0 Å². The second kappa shape index (κ2) is 11.4. The van der Waals surface area contributed by atoms with Crippen molar-refractivity contribution in [2.75, 3.05) is 0 Å². The second-order valence-electron chi connectivity index (χ2n) is 9.04. The molecule has 0 aliphatic heterocycles. The van der Waals surface area contributed by atoms with Crippen LogP contribution in [0.1, 0.15) is 69.8 Å². The van der Waals surface area contributed by atoms with Crippen LogP contribution in [-0.2, 0) is 0 Å². The molecule has 1 unspecified atom stereocenters. The summed E-state index contributed by atoms with van der Waals surface area (Å²) in [5.74, 6) is -2.51. The molecule has 1 aromatic rings. The molecule has 0 aromatic heterocycles. The van der Waals surface area contributed by atoms with Gasteiger partial charge in [-0.2, -0.15) is 0 Å². The van der Waals surface area contributed by atoms with Crippen molar-refractivity contribution in [1.29, 1.82) is 0 Å². The molecule has 0 heterocycles. The highest BCUT2D eigenvalue weighted by atomic mass is 19.4. The molecular weight excluding hydrogens is 449 g/mol. The fourth-order valence-corrected chi connectivity index (χ4v) is 5.03. The van der Waals surface area contributed by atoms with E-state index in [1.165, 1.54) is 0 Å². The van der Waals surface area contributed by atoms with Gasteiger partial charge in [0.2, 0.25) is 12.2 Å². The summed E-state index contributed by atoms with van der Waals surface area (Å²) in [6.07, 6.45) is 6.35. The van der Waals surface area contributed by atoms with Gasteiger partial charge in [0, 0.05) is 6.42 Å². The molecule has 1 fully saturated rings. The van der Waals surface area contributed by atoms with E-state index in [0.29, 0.717) is 30.6 Å². The van der Waals surface area contributed by atoms with Gasteiger partial charge in [0.1, 0.15) is 0 Å². The first-order valence-corrected chi connectivity index (χ1v) is 11.5. The predicted octanol–water partition coefficient (Wildman–Crippen LogP) is 8.84. The first-order valence-electron chi connectivity index (χ1n) is 11.5. The van der Waals surface area contributed by atoms with Gasteiger partial charge >= 0.3 is 6.36 Å². The lowest BCUT2D eigenvalue weighted by atomic mass is 9.70. The molecule has 0 radical (unpaired) electrons. The average molecular weight is 478 g/mol. The molecule has 0 saturated heterocycles. The molecule has 0 N–H and O–H groups in total. The highest BCUT2D eigenvalue weighted by molar-refractivity contribution is 5.67. The molecule has 1 saturated carbocycles. The number of halogens is 7. The maximum absolute atomic E-state index is 14.0. The summed E-state index contributed by atoms with van der Waals surface area (Å²) in [5, 5.41) is 0. The first kappa shape index (κ1) is 25.6. The van der Waals surface area contributed by atoms with E-state index in [9.17, 15) is 30.7 Å². The summed E-state index contributed by atoms with van der Waals surface area (Å²) in [5.41, 5.74) is 0.991. The number of hydrogen-bond acceptors (Lipinski definition) is 1. The summed E-state index contributed by atoms with van der Waals surface area (Å²) < 4.78 is 92.8. The molecule has 0 spiro atoms. The third-order valence-electron chi connectivity index (χ3n) is 6.78. The number of rotatable bonds is 8. The van der Waals surface area contributed by atoms with Crippen molar-refractivity contribution >= 4 is 5.57 Å². The van der Waals surface area contributed by atoms with Crippen LogP contribution in [0.2, 0.25) is 0 Å². The summed E-state index contributed by atoms with van der Waals surface area (Å²) in [7, 11) is 0. The number of alkyl halides is 5. The molecule has 33 heavy (non-hydrogen) atoms. The normalized spacial score (nSPS) is 24.4. The van der Waals surface area contributed by atoms with E-state index in [1.807, 2.05) is 18.2 Å². The minimum Gasteiger partial charge on any atom is -0.399 e. The molecule has 2 aliphatic carbocycles. The predicted molar refractivity (Wildman–Crippen MR) is 113 cm³/mol. The Morgan fingerprint density at radius 3 is 2.15 bits per heavy atom. The highest BCUT2D eigenvalue weighted by Crippen LogP contribution is 2.42. The van der Waals surface area contributed by atoms with E-state index >= 15 is 0 Å². The zero-order valence-corrected chi connectivity index (χ0v) is 18.3. The van der Waals surface area contributed by atoms with Crippen LogP contribution < -0.4 is 4.74 Å². The van der Waals surface area contributed by atoms with Crippen LogP contribution in [0.5, 0.6) is 5.75 Å². The summed E-state index contributed by atoms with van der Waals surface area (Å²) in [6, 6.07) is 1.80. The van der Waals surface area contributed by atoms with Crippen molar-refractivity contribution in [2.24, 2.45) is 17.8 Å². The van der Waals surface area contributed by atoms with Gasteiger partial charge in [0.05, 0.1) is 0 Å². The first-order chi connectivity index (χ1) is 15.6. The summed E-state index contributed by atoms with van der Waals surface area (Å²) in [4.78, 5) is 0. The van der Waals surface area contributed by atoms with E-state index in [1.54, 1.807) is 0 Å². The molecule has 1 aromatic carbocycles. The van der Waals surface area contributed by atoms with Crippen LogP contribution in [-0.4, -0.2) is 12.8 Å². The zero-order valence-electron chi connectivity index (χ0n) is 18.3. The topological polar surface area (TPSA) is 9.23 Å². The lowest BCUT2D eigenvalue weighted by molar-refractivity contribution is -0.276. The fraction of sp³-hybridized carbons (Fsp3) is 0.600. The van der Waals surface area contributed by atoms with E-state index in [0.717, 1.165) is 62.7 Å². The van der Waals surface area contributed by atoms with E-state index < -0.39 is 30.2 Å². The van der Waals surface area contributed by atoms with Gasteiger partial charge < -0.3 is 4.74 Å². The Morgan fingerprint density at radius 1 is 0.939 bits per heavy atom. The lowest BCUT2D eigenvalue weighted by Crippen LogP contribution is -2.23. The fourth-order valence-electron chi connectivity index (χ4n) is 5.03. The van der Waals surface area contributed by atoms with E-state index in [-0.39, 0.29) is 12.0 Å². The second-order valence-corrected chi connectivity index (χ2v) is 9.04. The van der Waals surface area contributed by atoms with Crippen LogP contribution >= 0.6 is 0 Å². The maximum atomic E-state index is 14.0. The van der Waals surface area contributed by atoms with Crippen LogP contribution in [0.4, 0.5) is 30.7 Å². The Labute approximate surface area is 189 Å². The molecule has 1 nitrogen and oxygen atoms in total. The summed E-state index contributed by atoms with van der Waals surface area (Å²) >= 11 is 0.